The van der Waals surface area contributed by atoms with Crippen molar-refractivity contribution in [3.8, 4) is 0 Å². The molecule has 0 unspecified atom stereocenters. The third-order valence-corrected chi connectivity index (χ3v) is 4.53. The summed E-state index contributed by atoms with van der Waals surface area (Å²) in [4.78, 5) is 25.2. The molecular weight excluding hydrogens is 319 g/mol. The lowest BCUT2D eigenvalue weighted by molar-refractivity contribution is -0.387. The van der Waals surface area contributed by atoms with E-state index in [0.29, 0.717) is 15.6 Å². The zero-order valence-electron chi connectivity index (χ0n) is 10.7. The van der Waals surface area contributed by atoms with Crippen LogP contribution in [-0.2, 0) is 11.2 Å². The van der Waals surface area contributed by atoms with Crippen LogP contribution in [0.25, 0.3) is 0 Å². The van der Waals surface area contributed by atoms with Crippen LogP contribution in [0.5, 0.6) is 0 Å². The summed E-state index contributed by atoms with van der Waals surface area (Å²) in [7, 11) is 0. The van der Waals surface area contributed by atoms with E-state index >= 15 is 0 Å². The Kier molecular flexibility index (Phi) is 4.53. The van der Waals surface area contributed by atoms with Crippen molar-refractivity contribution in [1.82, 2.24) is 4.98 Å². The smallest absolute Gasteiger partial charge is 0.309 e. The number of aliphatic carboxylic acids is 1. The molecule has 0 fully saturated rings. The van der Waals surface area contributed by atoms with E-state index in [1.165, 1.54) is 24.3 Å². The Morgan fingerprint density at radius 3 is 2.90 bits per heavy atom. The Labute approximate surface area is 126 Å². The highest BCUT2D eigenvalue weighted by Gasteiger charge is 2.19. The van der Waals surface area contributed by atoms with Crippen LogP contribution in [0, 0.1) is 22.9 Å². The van der Waals surface area contributed by atoms with E-state index in [2.05, 4.69) is 4.98 Å². The van der Waals surface area contributed by atoms with Crippen molar-refractivity contribution in [1.29, 1.82) is 0 Å². The molecule has 9 heteroatoms. The van der Waals surface area contributed by atoms with Gasteiger partial charge in [0.05, 0.1) is 28.0 Å². The maximum atomic E-state index is 13.4. The van der Waals surface area contributed by atoms with Crippen LogP contribution in [0.3, 0.4) is 0 Å². The lowest BCUT2D eigenvalue weighted by Crippen LogP contribution is -1.99. The van der Waals surface area contributed by atoms with Crippen molar-refractivity contribution in [3.63, 3.8) is 0 Å². The Hall–Kier alpha value is -2.00. The van der Waals surface area contributed by atoms with E-state index in [-0.39, 0.29) is 17.0 Å². The standard InChI is InChI=1S/C12H9FN2O4S2/c1-6-2-10(9(15(18)19)4-8(6)13)21-12-14-7(5-20-12)3-11(16)17/h2,4-5H,3H2,1H3,(H,16,17). The molecule has 0 aliphatic carbocycles. The summed E-state index contributed by atoms with van der Waals surface area (Å²) in [6.07, 6.45) is -0.207. The Bertz CT molecular complexity index is 717. The number of thiazole rings is 1. The van der Waals surface area contributed by atoms with Crippen molar-refractivity contribution >= 4 is 34.8 Å². The molecule has 1 N–H and O–H groups in total. The van der Waals surface area contributed by atoms with E-state index in [9.17, 15) is 19.3 Å². The van der Waals surface area contributed by atoms with Gasteiger partial charge in [-0.15, -0.1) is 11.3 Å². The van der Waals surface area contributed by atoms with E-state index in [4.69, 9.17) is 5.11 Å². The third kappa shape index (κ3) is 3.76. The van der Waals surface area contributed by atoms with Crippen molar-refractivity contribution < 1.29 is 19.2 Å². The van der Waals surface area contributed by atoms with Gasteiger partial charge in [0.2, 0.25) is 0 Å². The molecule has 0 aliphatic heterocycles. The van der Waals surface area contributed by atoms with Crippen molar-refractivity contribution in [3.05, 3.63) is 44.7 Å². The lowest BCUT2D eigenvalue weighted by Gasteiger charge is -2.03. The molecule has 0 spiro atoms. The van der Waals surface area contributed by atoms with Crippen LogP contribution >= 0.6 is 23.1 Å². The number of nitro groups is 1. The summed E-state index contributed by atoms with van der Waals surface area (Å²) < 4.78 is 13.9. The number of carboxylic acid groups (broad SMARTS) is 1. The van der Waals surface area contributed by atoms with Crippen molar-refractivity contribution in [2.45, 2.75) is 22.6 Å². The molecule has 6 nitrogen and oxygen atoms in total. The fraction of sp³-hybridized carbons (Fsp3) is 0.167. The summed E-state index contributed by atoms with van der Waals surface area (Å²) in [5.74, 6) is -1.64. The summed E-state index contributed by atoms with van der Waals surface area (Å²) in [6, 6.07) is 2.26. The second-order valence-electron chi connectivity index (χ2n) is 4.10. The van der Waals surface area contributed by atoms with Gasteiger partial charge >= 0.3 is 5.97 Å². The third-order valence-electron chi connectivity index (χ3n) is 2.50. The van der Waals surface area contributed by atoms with Crippen molar-refractivity contribution in [2.24, 2.45) is 0 Å². The molecule has 0 bridgehead atoms. The normalized spacial score (nSPS) is 10.6. The summed E-state index contributed by atoms with van der Waals surface area (Å²) in [5.41, 5.74) is 0.347. The molecule has 1 aromatic heterocycles. The highest BCUT2D eigenvalue weighted by molar-refractivity contribution is 8.01. The van der Waals surface area contributed by atoms with Gasteiger partial charge in [0.25, 0.3) is 5.69 Å². The van der Waals surface area contributed by atoms with Crippen LogP contribution < -0.4 is 0 Å². The van der Waals surface area contributed by atoms with Gasteiger partial charge < -0.3 is 5.11 Å². The molecular formula is C12H9FN2O4S2. The average molecular weight is 328 g/mol. The maximum absolute atomic E-state index is 13.4. The minimum atomic E-state index is -1.000. The number of carboxylic acids is 1. The Morgan fingerprint density at radius 2 is 2.29 bits per heavy atom. The monoisotopic (exact) mass is 328 g/mol. The van der Waals surface area contributed by atoms with Crippen molar-refractivity contribution in [2.75, 3.05) is 0 Å². The molecule has 110 valence electrons. The first-order valence-corrected chi connectivity index (χ1v) is 7.35. The highest BCUT2D eigenvalue weighted by atomic mass is 32.2. The second-order valence-corrected chi connectivity index (χ2v) is 6.25. The zero-order valence-corrected chi connectivity index (χ0v) is 12.3. The number of nitrogens with zero attached hydrogens (tertiary/aromatic N) is 2. The molecule has 0 radical (unpaired) electrons. The number of halogens is 1. The number of rotatable bonds is 5. The van der Waals surface area contributed by atoms with Gasteiger partial charge in [0.15, 0.2) is 4.34 Å². The number of benzene rings is 1. The quantitative estimate of drug-likeness (QED) is 0.669. The first-order chi connectivity index (χ1) is 9.86. The maximum Gasteiger partial charge on any atom is 0.309 e. The molecule has 0 aliphatic rings. The minimum absolute atomic E-state index is 0.207. The number of nitro benzene ring substituents is 1. The van der Waals surface area contributed by atoms with Crippen LogP contribution in [0.1, 0.15) is 11.3 Å². The lowest BCUT2D eigenvalue weighted by atomic mass is 10.2. The van der Waals surface area contributed by atoms with Gasteiger partial charge in [0.1, 0.15) is 5.82 Å². The Balaban J connectivity index is 2.30. The fourth-order valence-corrected chi connectivity index (χ4v) is 3.51. The van der Waals surface area contributed by atoms with Crippen LogP contribution in [0.4, 0.5) is 10.1 Å². The molecule has 21 heavy (non-hydrogen) atoms. The molecule has 0 atom stereocenters. The summed E-state index contributed by atoms with van der Waals surface area (Å²) >= 11 is 2.21. The van der Waals surface area contributed by atoms with Gasteiger partial charge in [-0.2, -0.15) is 0 Å². The average Bonchev–Trinajstić information content (AvgIpc) is 2.79. The molecule has 0 saturated carbocycles. The van der Waals surface area contributed by atoms with E-state index in [1.54, 1.807) is 5.38 Å². The summed E-state index contributed by atoms with van der Waals surface area (Å²) in [5, 5.41) is 21.2. The SMILES string of the molecule is Cc1cc(Sc2nc(CC(=O)O)cs2)c([N+](=O)[O-])cc1F. The zero-order chi connectivity index (χ0) is 15.6. The van der Waals surface area contributed by atoms with Crippen LogP contribution in [-0.4, -0.2) is 21.0 Å². The largest absolute Gasteiger partial charge is 0.481 e. The first-order valence-electron chi connectivity index (χ1n) is 5.65. The topological polar surface area (TPSA) is 93.3 Å². The predicted octanol–water partition coefficient (Wildman–Crippen LogP) is 3.28. The molecule has 0 amide bonds. The first kappa shape index (κ1) is 15.4. The molecule has 0 saturated heterocycles. The molecule has 1 aromatic carbocycles. The number of hydrogen-bond acceptors (Lipinski definition) is 6. The second kappa shape index (κ2) is 6.19. The minimum Gasteiger partial charge on any atom is -0.481 e. The van der Waals surface area contributed by atoms with E-state index in [0.717, 1.165) is 17.8 Å². The van der Waals surface area contributed by atoms with Gasteiger partial charge in [-0.05, 0) is 18.6 Å². The van der Waals surface area contributed by atoms with Gasteiger partial charge in [-0.25, -0.2) is 9.37 Å². The summed E-state index contributed by atoms with van der Waals surface area (Å²) in [6.45, 7) is 1.51. The fourth-order valence-electron chi connectivity index (χ4n) is 1.53. The van der Waals surface area contributed by atoms with E-state index < -0.39 is 16.7 Å². The highest BCUT2D eigenvalue weighted by Crippen LogP contribution is 2.37. The number of aromatic nitrogens is 1. The molecule has 2 rings (SSSR count). The van der Waals surface area contributed by atoms with Gasteiger partial charge in [-0.3, -0.25) is 14.9 Å². The van der Waals surface area contributed by atoms with E-state index in [1.807, 2.05) is 0 Å². The predicted molar refractivity (Wildman–Crippen MR) is 75.4 cm³/mol. The number of carbonyl (C=O) groups is 1. The van der Waals surface area contributed by atoms with Crippen LogP contribution in [0.2, 0.25) is 0 Å². The van der Waals surface area contributed by atoms with Crippen LogP contribution in [0.15, 0.2) is 26.7 Å². The number of hydrogen-bond donors (Lipinski definition) is 1. The van der Waals surface area contributed by atoms with Gasteiger partial charge in [0, 0.05) is 5.38 Å². The van der Waals surface area contributed by atoms with Gasteiger partial charge in [-0.1, -0.05) is 11.8 Å². The number of aryl methyl sites for hydroxylation is 1. The molecule has 2 aromatic rings. The Morgan fingerprint density at radius 1 is 1.57 bits per heavy atom. The molecule has 1 heterocycles.